The Kier molecular flexibility index (Phi) is 6.69. The van der Waals surface area contributed by atoms with E-state index in [-0.39, 0.29) is 5.76 Å². The topological polar surface area (TPSA) is 129 Å². The summed E-state index contributed by atoms with van der Waals surface area (Å²) >= 11 is 0. The van der Waals surface area contributed by atoms with Crippen molar-refractivity contribution in [3.8, 4) is 0 Å². The van der Waals surface area contributed by atoms with Gasteiger partial charge in [-0.25, -0.2) is 4.79 Å². The molecule has 5 unspecified atom stereocenters. The second kappa shape index (κ2) is 8.04. The van der Waals surface area contributed by atoms with Crippen molar-refractivity contribution in [1.82, 2.24) is 0 Å². The minimum absolute atomic E-state index is 0.216. The van der Waals surface area contributed by atoms with Gasteiger partial charge in [0.1, 0.15) is 24.1 Å². The number of aliphatic carboxylic acids is 1. The molecule has 5 atom stereocenters. The van der Waals surface area contributed by atoms with Gasteiger partial charge in [-0.05, 0) is 19.9 Å². The van der Waals surface area contributed by atoms with E-state index >= 15 is 0 Å². The van der Waals surface area contributed by atoms with Crippen LogP contribution < -0.4 is 0 Å². The molecule has 0 aromatic carbocycles. The van der Waals surface area contributed by atoms with Crippen LogP contribution in [-0.4, -0.2) is 69.4 Å². The van der Waals surface area contributed by atoms with Crippen LogP contribution in [0.2, 0.25) is 0 Å². The molecule has 8 heteroatoms. The first kappa shape index (κ1) is 18.3. The monoisotopic (exact) mass is 315 g/mol. The molecule has 0 radical (unpaired) electrons. The Balaban J connectivity index is 2.98. The SMILES string of the molecule is C=C/C=C(/OC1OC(C(=O)O)C(O)C(O)C1O)C(C)=NCC. The van der Waals surface area contributed by atoms with Crippen molar-refractivity contribution in [2.75, 3.05) is 6.54 Å². The van der Waals surface area contributed by atoms with Crippen LogP contribution in [0, 0.1) is 0 Å². The van der Waals surface area contributed by atoms with Crippen LogP contribution >= 0.6 is 0 Å². The van der Waals surface area contributed by atoms with E-state index in [1.807, 2.05) is 6.92 Å². The third kappa shape index (κ3) is 4.14. The van der Waals surface area contributed by atoms with E-state index in [1.165, 1.54) is 12.2 Å². The smallest absolute Gasteiger partial charge is 0.335 e. The Morgan fingerprint density at radius 2 is 1.95 bits per heavy atom. The third-order valence-electron chi connectivity index (χ3n) is 3.08. The fourth-order valence-electron chi connectivity index (χ4n) is 1.94. The van der Waals surface area contributed by atoms with E-state index in [0.29, 0.717) is 12.3 Å². The summed E-state index contributed by atoms with van der Waals surface area (Å²) in [4.78, 5) is 15.2. The summed E-state index contributed by atoms with van der Waals surface area (Å²) in [6.45, 7) is 7.51. The van der Waals surface area contributed by atoms with E-state index in [2.05, 4.69) is 11.6 Å². The molecule has 0 bridgehead atoms. The molecule has 1 heterocycles. The number of nitrogens with zero attached hydrogens (tertiary/aromatic N) is 1. The van der Waals surface area contributed by atoms with Gasteiger partial charge in [0.15, 0.2) is 6.10 Å². The standard InChI is InChI=1S/C14H21NO7/c1-4-6-8(7(3)15-5-2)21-14-11(18)9(16)10(17)12(22-14)13(19)20/h4,6,9-12,14,16-18H,1,5H2,2-3H3,(H,19,20)/b8-6+,15-7?. The van der Waals surface area contributed by atoms with Gasteiger partial charge >= 0.3 is 5.97 Å². The van der Waals surface area contributed by atoms with Crippen LogP contribution in [0.25, 0.3) is 0 Å². The Hall–Kier alpha value is -1.74. The van der Waals surface area contributed by atoms with E-state index in [0.717, 1.165) is 0 Å². The summed E-state index contributed by atoms with van der Waals surface area (Å²) < 4.78 is 10.4. The molecular formula is C14H21NO7. The molecule has 0 aromatic rings. The minimum Gasteiger partial charge on any atom is -0.479 e. The number of aliphatic hydroxyl groups excluding tert-OH is 3. The predicted octanol–water partition coefficient (Wildman–Crippen LogP) is -0.554. The number of rotatable bonds is 6. The minimum atomic E-state index is -1.76. The van der Waals surface area contributed by atoms with Crippen LogP contribution in [0.1, 0.15) is 13.8 Å². The van der Waals surface area contributed by atoms with Crippen LogP contribution in [0.5, 0.6) is 0 Å². The molecule has 0 aromatic heterocycles. The van der Waals surface area contributed by atoms with Gasteiger partial charge in [-0.1, -0.05) is 12.7 Å². The lowest BCUT2D eigenvalue weighted by atomic mass is 9.99. The predicted molar refractivity (Wildman–Crippen MR) is 77.3 cm³/mol. The van der Waals surface area contributed by atoms with Crippen molar-refractivity contribution >= 4 is 11.7 Å². The molecule has 1 aliphatic rings. The first-order valence-electron chi connectivity index (χ1n) is 6.76. The molecule has 0 aliphatic carbocycles. The molecule has 0 saturated carbocycles. The number of carboxylic acids is 1. The van der Waals surface area contributed by atoms with Crippen LogP contribution in [0.15, 0.2) is 29.5 Å². The number of carbonyl (C=O) groups is 1. The molecule has 4 N–H and O–H groups in total. The molecule has 22 heavy (non-hydrogen) atoms. The lowest BCUT2D eigenvalue weighted by Gasteiger charge is -2.38. The van der Waals surface area contributed by atoms with E-state index in [9.17, 15) is 20.1 Å². The van der Waals surface area contributed by atoms with Crippen molar-refractivity contribution in [3.63, 3.8) is 0 Å². The summed E-state index contributed by atoms with van der Waals surface area (Å²) in [7, 11) is 0. The zero-order valence-corrected chi connectivity index (χ0v) is 12.4. The number of carboxylic acid groups (broad SMARTS) is 1. The largest absolute Gasteiger partial charge is 0.479 e. The Morgan fingerprint density at radius 1 is 1.32 bits per heavy atom. The second-order valence-corrected chi connectivity index (χ2v) is 4.68. The summed E-state index contributed by atoms with van der Waals surface area (Å²) in [5, 5.41) is 38.2. The summed E-state index contributed by atoms with van der Waals surface area (Å²) in [6, 6.07) is 0. The average Bonchev–Trinajstić information content (AvgIpc) is 2.46. The Labute approximate surface area is 128 Å². The number of hydrogen-bond donors (Lipinski definition) is 4. The number of hydrogen-bond acceptors (Lipinski definition) is 7. The molecule has 1 rings (SSSR count). The highest BCUT2D eigenvalue weighted by Gasteiger charge is 2.48. The fraction of sp³-hybridized carbons (Fsp3) is 0.571. The van der Waals surface area contributed by atoms with Gasteiger partial charge in [-0.2, -0.15) is 0 Å². The molecule has 8 nitrogen and oxygen atoms in total. The second-order valence-electron chi connectivity index (χ2n) is 4.68. The van der Waals surface area contributed by atoms with Gasteiger partial charge in [0.2, 0.25) is 6.29 Å². The van der Waals surface area contributed by atoms with Crippen molar-refractivity contribution in [3.05, 3.63) is 24.5 Å². The van der Waals surface area contributed by atoms with E-state index < -0.39 is 36.7 Å². The summed E-state index contributed by atoms with van der Waals surface area (Å²) in [6.07, 6.45) is -5.37. The summed E-state index contributed by atoms with van der Waals surface area (Å²) in [5.41, 5.74) is 0.491. The molecule has 0 amide bonds. The molecule has 1 aliphatic heterocycles. The van der Waals surface area contributed by atoms with Gasteiger partial charge in [0.25, 0.3) is 0 Å². The van der Waals surface area contributed by atoms with Crippen LogP contribution in [0.3, 0.4) is 0 Å². The first-order chi connectivity index (χ1) is 10.3. The number of allylic oxidation sites excluding steroid dienone is 3. The molecular weight excluding hydrogens is 294 g/mol. The van der Waals surface area contributed by atoms with Gasteiger partial charge < -0.3 is 29.9 Å². The normalized spacial score (nSPS) is 33.4. The van der Waals surface area contributed by atoms with Gasteiger partial charge in [0, 0.05) is 6.54 Å². The van der Waals surface area contributed by atoms with Crippen LogP contribution in [0.4, 0.5) is 0 Å². The molecule has 1 fully saturated rings. The van der Waals surface area contributed by atoms with Crippen molar-refractivity contribution < 1.29 is 34.7 Å². The van der Waals surface area contributed by atoms with Crippen molar-refractivity contribution in [2.24, 2.45) is 4.99 Å². The zero-order valence-electron chi connectivity index (χ0n) is 12.4. The van der Waals surface area contributed by atoms with Crippen molar-refractivity contribution in [1.29, 1.82) is 0 Å². The van der Waals surface area contributed by atoms with Gasteiger partial charge in [0.05, 0.1) is 5.71 Å². The van der Waals surface area contributed by atoms with E-state index in [4.69, 9.17) is 14.6 Å². The zero-order chi connectivity index (χ0) is 16.9. The maximum absolute atomic E-state index is 11.0. The Bertz CT molecular complexity index is 474. The number of ether oxygens (including phenoxy) is 2. The first-order valence-corrected chi connectivity index (χ1v) is 6.76. The number of aliphatic hydroxyl groups is 3. The molecule has 124 valence electrons. The van der Waals surface area contributed by atoms with E-state index in [1.54, 1.807) is 6.92 Å². The highest BCUT2D eigenvalue weighted by atomic mass is 16.7. The molecule has 0 spiro atoms. The lowest BCUT2D eigenvalue weighted by Crippen LogP contribution is -2.60. The average molecular weight is 315 g/mol. The number of aliphatic imine (C=N–C) groups is 1. The molecule has 1 saturated heterocycles. The highest BCUT2D eigenvalue weighted by Crippen LogP contribution is 2.24. The van der Waals surface area contributed by atoms with Crippen LogP contribution in [-0.2, 0) is 14.3 Å². The summed E-state index contributed by atoms with van der Waals surface area (Å²) in [5.74, 6) is -1.26. The van der Waals surface area contributed by atoms with Crippen molar-refractivity contribution in [2.45, 2.75) is 44.6 Å². The van der Waals surface area contributed by atoms with Gasteiger partial charge in [-0.15, -0.1) is 0 Å². The lowest BCUT2D eigenvalue weighted by molar-refractivity contribution is -0.282. The Morgan fingerprint density at radius 3 is 2.45 bits per heavy atom. The van der Waals surface area contributed by atoms with Gasteiger partial charge in [-0.3, -0.25) is 4.99 Å². The quantitative estimate of drug-likeness (QED) is 0.294. The highest BCUT2D eigenvalue weighted by molar-refractivity contribution is 5.96. The third-order valence-corrected chi connectivity index (χ3v) is 3.08. The fourth-order valence-corrected chi connectivity index (χ4v) is 1.94. The maximum Gasteiger partial charge on any atom is 0.335 e. The maximum atomic E-state index is 11.0.